The van der Waals surface area contributed by atoms with E-state index in [9.17, 15) is 9.59 Å². The molecule has 0 radical (unpaired) electrons. The predicted octanol–water partition coefficient (Wildman–Crippen LogP) is 0.516. The monoisotopic (exact) mass is 221 g/mol. The lowest BCUT2D eigenvalue weighted by molar-refractivity contribution is -0.119. The summed E-state index contributed by atoms with van der Waals surface area (Å²) < 4.78 is 10.2. The molecule has 0 aliphatic carbocycles. The van der Waals surface area contributed by atoms with E-state index >= 15 is 0 Å². The summed E-state index contributed by atoms with van der Waals surface area (Å²) >= 11 is 0. The van der Waals surface area contributed by atoms with Crippen LogP contribution in [0.2, 0.25) is 0 Å². The summed E-state index contributed by atoms with van der Waals surface area (Å²) in [5.41, 5.74) is 1.04. The lowest BCUT2D eigenvalue weighted by atomic mass is 9.98. The molecule has 1 aromatic rings. The van der Waals surface area contributed by atoms with E-state index < -0.39 is 5.91 Å². The third kappa shape index (κ3) is 1.50. The summed E-state index contributed by atoms with van der Waals surface area (Å²) in [5, 5.41) is 2.25. The zero-order valence-electron chi connectivity index (χ0n) is 8.99. The number of ether oxygens (including phenoxy) is 2. The fourth-order valence-corrected chi connectivity index (χ4v) is 1.77. The van der Waals surface area contributed by atoms with Crippen molar-refractivity contribution in [2.24, 2.45) is 0 Å². The maximum atomic E-state index is 11.7. The van der Waals surface area contributed by atoms with Gasteiger partial charge in [-0.1, -0.05) is 6.07 Å². The van der Waals surface area contributed by atoms with Crippen LogP contribution in [-0.4, -0.2) is 26.0 Å². The quantitative estimate of drug-likeness (QED) is 0.739. The molecule has 16 heavy (non-hydrogen) atoms. The first-order valence-electron chi connectivity index (χ1n) is 4.75. The molecule has 0 unspecified atom stereocenters. The lowest BCUT2D eigenvalue weighted by Gasteiger charge is -2.19. The van der Waals surface area contributed by atoms with E-state index in [0.29, 0.717) is 22.6 Å². The molecular formula is C11H11NO4. The Hall–Kier alpha value is -2.04. The maximum Gasteiger partial charge on any atom is 0.262 e. The number of benzene rings is 1. The Balaban J connectivity index is 2.63. The molecule has 84 valence electrons. The zero-order chi connectivity index (χ0) is 11.7. The minimum atomic E-state index is -0.443. The van der Waals surface area contributed by atoms with E-state index in [-0.39, 0.29) is 12.3 Å². The van der Waals surface area contributed by atoms with Gasteiger partial charge in [0.05, 0.1) is 26.2 Å². The fourth-order valence-electron chi connectivity index (χ4n) is 1.77. The number of fused-ring (bicyclic) bond motifs is 1. The Morgan fingerprint density at radius 1 is 1.19 bits per heavy atom. The van der Waals surface area contributed by atoms with Gasteiger partial charge < -0.3 is 9.47 Å². The van der Waals surface area contributed by atoms with Gasteiger partial charge in [0.25, 0.3) is 5.91 Å². The van der Waals surface area contributed by atoms with Crippen molar-refractivity contribution in [3.8, 4) is 11.5 Å². The highest BCUT2D eigenvalue weighted by Crippen LogP contribution is 2.34. The molecule has 1 aliphatic rings. The van der Waals surface area contributed by atoms with Crippen LogP contribution in [0.4, 0.5) is 0 Å². The molecule has 0 atom stereocenters. The molecule has 5 heteroatoms. The van der Waals surface area contributed by atoms with E-state index in [4.69, 9.17) is 9.47 Å². The minimum absolute atomic E-state index is 0.182. The second-order valence-electron chi connectivity index (χ2n) is 3.39. The van der Waals surface area contributed by atoms with Gasteiger partial charge in [-0.3, -0.25) is 14.9 Å². The SMILES string of the molecule is COc1ccc2c(c1OC)C(=O)NC(=O)C2. The highest BCUT2D eigenvalue weighted by molar-refractivity contribution is 6.11. The van der Waals surface area contributed by atoms with E-state index in [0.717, 1.165) is 0 Å². The van der Waals surface area contributed by atoms with Crippen molar-refractivity contribution in [2.75, 3.05) is 14.2 Å². The number of amides is 2. The topological polar surface area (TPSA) is 64.6 Å². The summed E-state index contributed by atoms with van der Waals surface area (Å²) in [7, 11) is 2.96. The summed E-state index contributed by atoms with van der Waals surface area (Å²) in [4.78, 5) is 22.9. The number of hydrogen-bond donors (Lipinski definition) is 1. The summed E-state index contributed by atoms with van der Waals surface area (Å²) in [6.45, 7) is 0. The van der Waals surface area contributed by atoms with Gasteiger partial charge in [0, 0.05) is 0 Å². The molecule has 0 spiro atoms. The molecular weight excluding hydrogens is 210 g/mol. The molecule has 0 saturated heterocycles. The Kier molecular flexibility index (Phi) is 2.52. The number of imide groups is 1. The van der Waals surface area contributed by atoms with Crippen LogP contribution in [0.25, 0.3) is 0 Å². The third-order valence-electron chi connectivity index (χ3n) is 2.46. The molecule has 0 bridgehead atoms. The van der Waals surface area contributed by atoms with Gasteiger partial charge in [0.2, 0.25) is 5.91 Å². The number of methoxy groups -OCH3 is 2. The van der Waals surface area contributed by atoms with Crippen LogP contribution in [0.1, 0.15) is 15.9 Å². The van der Waals surface area contributed by atoms with Gasteiger partial charge in [-0.05, 0) is 11.6 Å². The van der Waals surface area contributed by atoms with E-state index in [2.05, 4.69) is 5.32 Å². The molecule has 1 aromatic carbocycles. The Bertz CT molecular complexity index is 467. The van der Waals surface area contributed by atoms with Crippen LogP contribution >= 0.6 is 0 Å². The molecule has 2 rings (SSSR count). The zero-order valence-corrected chi connectivity index (χ0v) is 8.99. The number of nitrogens with one attached hydrogen (secondary N) is 1. The maximum absolute atomic E-state index is 11.7. The normalized spacial score (nSPS) is 14.1. The lowest BCUT2D eigenvalue weighted by Crippen LogP contribution is -2.37. The van der Waals surface area contributed by atoms with E-state index in [1.54, 1.807) is 12.1 Å². The largest absolute Gasteiger partial charge is 0.493 e. The summed E-state index contributed by atoms with van der Waals surface area (Å²) in [5.74, 6) is 0.0995. The Labute approximate surface area is 92.4 Å². The standard InChI is InChI=1S/C11H11NO4/c1-15-7-4-3-6-5-8(13)12-11(14)9(6)10(7)16-2/h3-4H,5H2,1-2H3,(H,12,13,14). The van der Waals surface area contributed by atoms with Gasteiger partial charge >= 0.3 is 0 Å². The molecule has 1 aliphatic heterocycles. The minimum Gasteiger partial charge on any atom is -0.493 e. The third-order valence-corrected chi connectivity index (χ3v) is 2.46. The number of carbonyl (C=O) groups excluding carboxylic acids is 2. The highest BCUT2D eigenvalue weighted by atomic mass is 16.5. The second kappa shape index (κ2) is 3.84. The van der Waals surface area contributed by atoms with Crippen LogP contribution < -0.4 is 14.8 Å². The van der Waals surface area contributed by atoms with Crippen molar-refractivity contribution < 1.29 is 19.1 Å². The average molecular weight is 221 g/mol. The first-order valence-corrected chi connectivity index (χ1v) is 4.75. The van der Waals surface area contributed by atoms with Gasteiger partial charge in [-0.2, -0.15) is 0 Å². The van der Waals surface area contributed by atoms with Gasteiger partial charge in [-0.15, -0.1) is 0 Å². The van der Waals surface area contributed by atoms with Crippen molar-refractivity contribution in [2.45, 2.75) is 6.42 Å². The van der Waals surface area contributed by atoms with Crippen molar-refractivity contribution in [3.63, 3.8) is 0 Å². The molecule has 1 N–H and O–H groups in total. The van der Waals surface area contributed by atoms with Gasteiger partial charge in [0.1, 0.15) is 0 Å². The van der Waals surface area contributed by atoms with Crippen LogP contribution in [0, 0.1) is 0 Å². The number of hydrogen-bond acceptors (Lipinski definition) is 4. The van der Waals surface area contributed by atoms with Gasteiger partial charge in [0.15, 0.2) is 11.5 Å². The molecule has 2 amide bonds. The average Bonchev–Trinajstić information content (AvgIpc) is 2.27. The van der Waals surface area contributed by atoms with Crippen LogP contribution in [0.15, 0.2) is 12.1 Å². The Morgan fingerprint density at radius 2 is 1.94 bits per heavy atom. The smallest absolute Gasteiger partial charge is 0.262 e. The highest BCUT2D eigenvalue weighted by Gasteiger charge is 2.27. The van der Waals surface area contributed by atoms with Crippen LogP contribution in [0.5, 0.6) is 11.5 Å². The first-order chi connectivity index (χ1) is 7.67. The van der Waals surface area contributed by atoms with Crippen molar-refractivity contribution >= 4 is 11.8 Å². The van der Waals surface area contributed by atoms with Crippen molar-refractivity contribution in [3.05, 3.63) is 23.3 Å². The number of carbonyl (C=O) groups is 2. The Morgan fingerprint density at radius 3 is 2.56 bits per heavy atom. The van der Waals surface area contributed by atoms with Crippen LogP contribution in [-0.2, 0) is 11.2 Å². The van der Waals surface area contributed by atoms with Crippen LogP contribution in [0.3, 0.4) is 0 Å². The second-order valence-corrected chi connectivity index (χ2v) is 3.39. The molecule has 0 fully saturated rings. The molecule has 1 heterocycles. The number of rotatable bonds is 2. The van der Waals surface area contributed by atoms with Crippen molar-refractivity contribution in [1.29, 1.82) is 0 Å². The molecule has 5 nitrogen and oxygen atoms in total. The first kappa shape index (κ1) is 10.5. The van der Waals surface area contributed by atoms with E-state index in [1.807, 2.05) is 0 Å². The molecule has 0 aromatic heterocycles. The van der Waals surface area contributed by atoms with Gasteiger partial charge in [-0.25, -0.2) is 0 Å². The van der Waals surface area contributed by atoms with Crippen molar-refractivity contribution in [1.82, 2.24) is 5.32 Å². The molecule has 0 saturated carbocycles. The summed E-state index contributed by atoms with van der Waals surface area (Å²) in [6, 6.07) is 3.39. The predicted molar refractivity (Wildman–Crippen MR) is 55.7 cm³/mol. The fraction of sp³-hybridized carbons (Fsp3) is 0.273. The van der Waals surface area contributed by atoms with E-state index in [1.165, 1.54) is 14.2 Å². The summed E-state index contributed by atoms with van der Waals surface area (Å²) in [6.07, 6.45) is 0.182.